The second-order valence-electron chi connectivity index (χ2n) is 9.96. The van der Waals surface area contributed by atoms with Crippen LogP contribution in [0.5, 0.6) is 0 Å². The number of para-hydroxylation sites is 2. The fraction of sp³-hybridized carbons (Fsp3) is 0.0625. The highest BCUT2D eigenvalue weighted by Crippen LogP contribution is 2.29. The van der Waals surface area contributed by atoms with E-state index in [0.717, 1.165) is 33.8 Å². The van der Waals surface area contributed by atoms with Crippen molar-refractivity contribution in [3.05, 3.63) is 133 Å². The normalized spacial score (nSPS) is 11.5. The predicted octanol–water partition coefficient (Wildman–Crippen LogP) is 4.99. The number of benzene rings is 2. The van der Waals surface area contributed by atoms with Crippen molar-refractivity contribution in [3.8, 4) is 34.0 Å². The van der Waals surface area contributed by atoms with Crippen LogP contribution in [0.3, 0.4) is 0 Å². The number of aryl methyl sites for hydroxylation is 2. The van der Waals surface area contributed by atoms with Gasteiger partial charge in [0.2, 0.25) is 20.0 Å². The standard InChI is InChI=1S/2C16H15N3O2S/c1-12-8-9-18-11-13(12)14-6-4-10-19(14)15-5-2-3-7-16(15)22(17,20)21;1-12-8-9-18-13(11-12)14-6-4-10-19(14)15-5-2-3-7-16(15)22(17,20)21/h2*2-11H,1H3,(H2,17,20,21). The van der Waals surface area contributed by atoms with Crippen LogP contribution in [0.15, 0.2) is 132 Å². The fourth-order valence-corrected chi connectivity index (χ4v) is 6.26. The molecule has 224 valence electrons. The molecule has 0 saturated heterocycles. The molecule has 0 aliphatic rings. The zero-order valence-electron chi connectivity index (χ0n) is 23.9. The van der Waals surface area contributed by atoms with Gasteiger partial charge in [0.25, 0.3) is 0 Å². The first kappa shape index (κ1) is 30.6. The predicted molar refractivity (Wildman–Crippen MR) is 170 cm³/mol. The van der Waals surface area contributed by atoms with Crippen molar-refractivity contribution in [1.29, 1.82) is 0 Å². The molecule has 0 bridgehead atoms. The van der Waals surface area contributed by atoms with E-state index in [1.54, 1.807) is 65.8 Å². The molecule has 0 amide bonds. The van der Waals surface area contributed by atoms with E-state index in [9.17, 15) is 16.8 Å². The van der Waals surface area contributed by atoms with Crippen molar-refractivity contribution in [2.24, 2.45) is 10.3 Å². The molecule has 12 heteroatoms. The number of nitrogens with two attached hydrogens (primary N) is 2. The molecule has 10 nitrogen and oxygen atoms in total. The van der Waals surface area contributed by atoms with E-state index in [-0.39, 0.29) is 9.79 Å². The van der Waals surface area contributed by atoms with Gasteiger partial charge in [0.05, 0.1) is 28.5 Å². The van der Waals surface area contributed by atoms with E-state index in [0.29, 0.717) is 11.4 Å². The van der Waals surface area contributed by atoms with Crippen molar-refractivity contribution in [3.63, 3.8) is 0 Å². The van der Waals surface area contributed by atoms with Crippen LogP contribution in [-0.2, 0) is 20.0 Å². The molecule has 6 rings (SSSR count). The molecule has 4 N–H and O–H groups in total. The number of primary sulfonamides is 2. The van der Waals surface area contributed by atoms with Gasteiger partial charge in [0, 0.05) is 36.5 Å². The highest BCUT2D eigenvalue weighted by molar-refractivity contribution is 7.89. The zero-order valence-corrected chi connectivity index (χ0v) is 25.6. The molecule has 0 spiro atoms. The highest BCUT2D eigenvalue weighted by Gasteiger charge is 2.18. The summed E-state index contributed by atoms with van der Waals surface area (Å²) in [6.07, 6.45) is 8.83. The average Bonchev–Trinajstić information content (AvgIpc) is 3.68. The van der Waals surface area contributed by atoms with Gasteiger partial charge in [-0.25, -0.2) is 27.1 Å². The Labute approximate surface area is 256 Å². The Morgan fingerprint density at radius 2 is 1.18 bits per heavy atom. The molecule has 0 radical (unpaired) electrons. The first-order chi connectivity index (χ1) is 20.9. The van der Waals surface area contributed by atoms with Gasteiger partial charge in [-0.15, -0.1) is 0 Å². The summed E-state index contributed by atoms with van der Waals surface area (Å²) >= 11 is 0. The van der Waals surface area contributed by atoms with Gasteiger partial charge in [-0.05, 0) is 91.7 Å². The summed E-state index contributed by atoms with van der Waals surface area (Å²) < 4.78 is 50.8. The molecule has 0 aliphatic heterocycles. The van der Waals surface area contributed by atoms with Crippen molar-refractivity contribution < 1.29 is 16.8 Å². The van der Waals surface area contributed by atoms with Gasteiger partial charge in [0.15, 0.2) is 0 Å². The van der Waals surface area contributed by atoms with Crippen molar-refractivity contribution in [2.45, 2.75) is 23.6 Å². The molecule has 44 heavy (non-hydrogen) atoms. The summed E-state index contributed by atoms with van der Waals surface area (Å²) in [6.45, 7) is 3.97. The van der Waals surface area contributed by atoms with Crippen LogP contribution in [0.4, 0.5) is 0 Å². The van der Waals surface area contributed by atoms with Crippen LogP contribution in [-0.4, -0.2) is 35.9 Å². The Bertz CT molecular complexity index is 2170. The maximum Gasteiger partial charge on any atom is 0.240 e. The summed E-state index contributed by atoms with van der Waals surface area (Å²) in [5, 5.41) is 10.6. The molecule has 0 unspecified atom stereocenters. The van der Waals surface area contributed by atoms with Gasteiger partial charge < -0.3 is 9.13 Å². The molecular weight excluding hydrogens is 597 g/mol. The average molecular weight is 627 g/mol. The summed E-state index contributed by atoms with van der Waals surface area (Å²) in [4.78, 5) is 8.68. The Balaban J connectivity index is 0.000000175. The molecule has 6 aromatic rings. The van der Waals surface area contributed by atoms with Crippen LogP contribution in [0.2, 0.25) is 0 Å². The number of pyridine rings is 2. The Morgan fingerprint density at radius 1 is 0.636 bits per heavy atom. The summed E-state index contributed by atoms with van der Waals surface area (Å²) in [5.41, 5.74) is 6.55. The van der Waals surface area contributed by atoms with Gasteiger partial charge in [-0.1, -0.05) is 24.3 Å². The van der Waals surface area contributed by atoms with Gasteiger partial charge in [0.1, 0.15) is 9.79 Å². The topological polar surface area (TPSA) is 156 Å². The van der Waals surface area contributed by atoms with E-state index >= 15 is 0 Å². The number of rotatable bonds is 6. The Kier molecular flexibility index (Phi) is 8.61. The van der Waals surface area contributed by atoms with Crippen LogP contribution in [0.25, 0.3) is 34.0 Å². The third kappa shape index (κ3) is 6.53. The minimum absolute atomic E-state index is 0.0834. The molecule has 0 aliphatic carbocycles. The van der Waals surface area contributed by atoms with E-state index in [4.69, 9.17) is 10.3 Å². The lowest BCUT2D eigenvalue weighted by Gasteiger charge is -2.14. The second kappa shape index (κ2) is 12.4. The number of hydrogen-bond donors (Lipinski definition) is 2. The lowest BCUT2D eigenvalue weighted by Crippen LogP contribution is -2.15. The molecule has 0 atom stereocenters. The smallest absolute Gasteiger partial charge is 0.240 e. The molecule has 4 heterocycles. The maximum absolute atomic E-state index is 11.8. The minimum atomic E-state index is -3.81. The fourth-order valence-electron chi connectivity index (χ4n) is 4.81. The SMILES string of the molecule is Cc1ccnc(-c2cccn2-c2ccccc2S(N)(=O)=O)c1.Cc1ccncc1-c1cccn1-c1ccccc1S(N)(=O)=O. The Morgan fingerprint density at radius 3 is 1.73 bits per heavy atom. The van der Waals surface area contributed by atoms with E-state index in [1.165, 1.54) is 12.1 Å². The van der Waals surface area contributed by atoms with Gasteiger partial charge in [-0.2, -0.15) is 0 Å². The molecular formula is C32H30N6O4S2. The first-order valence-electron chi connectivity index (χ1n) is 13.4. The first-order valence-corrected chi connectivity index (χ1v) is 16.5. The second-order valence-corrected chi connectivity index (χ2v) is 13.0. The summed E-state index contributed by atoms with van der Waals surface area (Å²) in [5.74, 6) is 0. The van der Waals surface area contributed by atoms with E-state index in [2.05, 4.69) is 9.97 Å². The number of nitrogens with zero attached hydrogens (tertiary/aromatic N) is 4. The molecule has 0 fully saturated rings. The monoisotopic (exact) mass is 626 g/mol. The number of aromatic nitrogens is 4. The molecule has 0 saturated carbocycles. The Hall–Kier alpha value is -4.88. The largest absolute Gasteiger partial charge is 0.315 e. The number of hydrogen-bond acceptors (Lipinski definition) is 6. The lowest BCUT2D eigenvalue weighted by atomic mass is 10.1. The molecule has 4 aromatic heterocycles. The van der Waals surface area contributed by atoms with Gasteiger partial charge >= 0.3 is 0 Å². The maximum atomic E-state index is 11.8. The minimum Gasteiger partial charge on any atom is -0.315 e. The van der Waals surface area contributed by atoms with Crippen LogP contribution in [0, 0.1) is 13.8 Å². The zero-order chi connectivity index (χ0) is 31.5. The van der Waals surface area contributed by atoms with E-state index in [1.807, 2.05) is 67.1 Å². The third-order valence-corrected chi connectivity index (χ3v) is 8.77. The molecule has 2 aromatic carbocycles. The number of sulfonamides is 2. The van der Waals surface area contributed by atoms with Gasteiger partial charge in [-0.3, -0.25) is 9.97 Å². The van der Waals surface area contributed by atoms with Crippen molar-refractivity contribution in [1.82, 2.24) is 19.1 Å². The van der Waals surface area contributed by atoms with Crippen LogP contribution < -0.4 is 10.3 Å². The summed E-state index contributed by atoms with van der Waals surface area (Å²) in [7, 11) is -7.61. The lowest BCUT2D eigenvalue weighted by molar-refractivity contribution is 0.595. The third-order valence-electron chi connectivity index (χ3n) is 6.85. The van der Waals surface area contributed by atoms with Crippen LogP contribution >= 0.6 is 0 Å². The van der Waals surface area contributed by atoms with Crippen LogP contribution in [0.1, 0.15) is 11.1 Å². The van der Waals surface area contributed by atoms with E-state index < -0.39 is 20.0 Å². The highest BCUT2D eigenvalue weighted by atomic mass is 32.2. The van der Waals surface area contributed by atoms with Crippen molar-refractivity contribution in [2.75, 3.05) is 0 Å². The quantitative estimate of drug-likeness (QED) is 0.265. The van der Waals surface area contributed by atoms with Crippen molar-refractivity contribution >= 4 is 20.0 Å². The summed E-state index contributed by atoms with van der Waals surface area (Å²) in [6, 6.07) is 26.6.